The van der Waals surface area contributed by atoms with Crippen molar-refractivity contribution in [3.8, 4) is 28.4 Å². The predicted molar refractivity (Wildman–Crippen MR) is 106 cm³/mol. The first kappa shape index (κ1) is 17.4. The Hall–Kier alpha value is -2.99. The van der Waals surface area contributed by atoms with Crippen LogP contribution in [-0.4, -0.2) is 22.2 Å². The average molecular weight is 377 g/mol. The second-order valence-electron chi connectivity index (χ2n) is 6.34. The van der Waals surface area contributed by atoms with Crippen molar-refractivity contribution in [2.75, 3.05) is 7.11 Å². The number of aromatic nitrogens is 3. The summed E-state index contributed by atoms with van der Waals surface area (Å²) in [6.45, 7) is 4.23. The third-order valence-electron chi connectivity index (χ3n) is 4.47. The number of hydrogen-bond acceptors (Lipinski definition) is 6. The molecule has 0 aliphatic carbocycles. The minimum Gasteiger partial charge on any atom is -0.497 e. The van der Waals surface area contributed by atoms with E-state index in [1.165, 1.54) is 11.1 Å². The first-order valence-corrected chi connectivity index (χ1v) is 9.49. The first-order valence-electron chi connectivity index (χ1n) is 8.61. The number of benzene rings is 2. The number of ether oxygens (including phenoxy) is 1. The van der Waals surface area contributed by atoms with Gasteiger partial charge in [-0.15, -0.1) is 11.3 Å². The van der Waals surface area contributed by atoms with Crippen molar-refractivity contribution < 1.29 is 9.26 Å². The summed E-state index contributed by atoms with van der Waals surface area (Å²) in [4.78, 5) is 9.21. The monoisotopic (exact) mass is 377 g/mol. The van der Waals surface area contributed by atoms with Crippen LogP contribution in [0.4, 0.5) is 0 Å². The molecule has 2 aromatic carbocycles. The fraction of sp³-hybridized carbons (Fsp3) is 0.190. The van der Waals surface area contributed by atoms with Crippen LogP contribution in [0.2, 0.25) is 0 Å². The van der Waals surface area contributed by atoms with E-state index in [1.54, 1.807) is 18.4 Å². The van der Waals surface area contributed by atoms with E-state index in [9.17, 15) is 0 Å². The molecule has 136 valence electrons. The Morgan fingerprint density at radius 2 is 1.74 bits per heavy atom. The van der Waals surface area contributed by atoms with E-state index < -0.39 is 0 Å². The zero-order chi connectivity index (χ0) is 18.8. The summed E-state index contributed by atoms with van der Waals surface area (Å²) in [5.41, 5.74) is 5.55. The quantitative estimate of drug-likeness (QED) is 0.485. The van der Waals surface area contributed by atoms with E-state index in [2.05, 4.69) is 47.6 Å². The van der Waals surface area contributed by atoms with Gasteiger partial charge in [0.05, 0.1) is 19.2 Å². The number of thiazole rings is 1. The topological polar surface area (TPSA) is 61.0 Å². The van der Waals surface area contributed by atoms with Gasteiger partial charge in [0.15, 0.2) is 0 Å². The Kier molecular flexibility index (Phi) is 4.73. The molecule has 4 aromatic rings. The lowest BCUT2D eigenvalue weighted by atomic mass is 10.1. The molecule has 0 N–H and O–H groups in total. The van der Waals surface area contributed by atoms with Crippen LogP contribution in [0.3, 0.4) is 0 Å². The lowest BCUT2D eigenvalue weighted by Crippen LogP contribution is -1.89. The zero-order valence-electron chi connectivity index (χ0n) is 15.4. The molecule has 0 unspecified atom stereocenters. The van der Waals surface area contributed by atoms with Crippen LogP contribution in [0.15, 0.2) is 52.4 Å². The van der Waals surface area contributed by atoms with Crippen LogP contribution < -0.4 is 4.74 Å². The number of rotatable bonds is 5. The summed E-state index contributed by atoms with van der Waals surface area (Å²) in [7, 11) is 1.64. The van der Waals surface area contributed by atoms with Crippen molar-refractivity contribution in [3.05, 3.63) is 69.9 Å². The van der Waals surface area contributed by atoms with Gasteiger partial charge in [-0.25, -0.2) is 4.98 Å². The van der Waals surface area contributed by atoms with E-state index in [0.717, 1.165) is 27.6 Å². The molecule has 0 fully saturated rings. The smallest absolute Gasteiger partial charge is 0.233 e. The molecule has 2 heterocycles. The molecule has 4 rings (SSSR count). The van der Waals surface area contributed by atoms with Crippen LogP contribution in [0.25, 0.3) is 22.6 Å². The molecule has 27 heavy (non-hydrogen) atoms. The van der Waals surface area contributed by atoms with Gasteiger partial charge in [0, 0.05) is 16.5 Å². The molecule has 5 nitrogen and oxygen atoms in total. The Bertz CT molecular complexity index is 1070. The van der Waals surface area contributed by atoms with Gasteiger partial charge in [-0.05, 0) is 55.3 Å². The largest absolute Gasteiger partial charge is 0.497 e. The summed E-state index contributed by atoms with van der Waals surface area (Å²) in [6, 6.07) is 14.0. The molecular weight excluding hydrogens is 358 g/mol. The number of methoxy groups -OCH3 is 1. The Morgan fingerprint density at radius 1 is 0.963 bits per heavy atom. The van der Waals surface area contributed by atoms with Gasteiger partial charge in [-0.3, -0.25) is 0 Å². The van der Waals surface area contributed by atoms with Gasteiger partial charge < -0.3 is 9.26 Å². The summed E-state index contributed by atoms with van der Waals surface area (Å²) in [5, 5.41) is 7.10. The molecule has 0 aliphatic heterocycles. The van der Waals surface area contributed by atoms with Crippen molar-refractivity contribution in [3.63, 3.8) is 0 Å². The van der Waals surface area contributed by atoms with Crippen molar-refractivity contribution >= 4 is 11.3 Å². The van der Waals surface area contributed by atoms with Gasteiger partial charge in [-0.1, -0.05) is 17.3 Å². The molecule has 6 heteroatoms. The maximum absolute atomic E-state index is 5.40. The average Bonchev–Trinajstić information content (AvgIpc) is 3.34. The van der Waals surface area contributed by atoms with E-state index in [1.807, 2.05) is 24.3 Å². The maximum atomic E-state index is 5.40. The normalized spacial score (nSPS) is 10.9. The Balaban J connectivity index is 1.51. The lowest BCUT2D eigenvalue weighted by Gasteiger charge is -2.02. The second kappa shape index (κ2) is 7.32. The minimum absolute atomic E-state index is 0.526. The zero-order valence-corrected chi connectivity index (χ0v) is 16.2. The van der Waals surface area contributed by atoms with Crippen LogP contribution in [0.1, 0.15) is 22.0 Å². The minimum atomic E-state index is 0.526. The summed E-state index contributed by atoms with van der Waals surface area (Å²) >= 11 is 1.60. The second-order valence-corrected chi connectivity index (χ2v) is 7.29. The third-order valence-corrected chi connectivity index (χ3v) is 5.32. The summed E-state index contributed by atoms with van der Waals surface area (Å²) in [6.07, 6.45) is 0.526. The highest BCUT2D eigenvalue weighted by molar-refractivity contribution is 7.10. The number of nitrogens with zero attached hydrogens (tertiary/aromatic N) is 3. The SMILES string of the molecule is COc1ccc(-c2noc(Cc3nc(-c4ccc(C)c(C)c4)cs3)n2)cc1. The Morgan fingerprint density at radius 3 is 2.48 bits per heavy atom. The van der Waals surface area contributed by atoms with Gasteiger partial charge in [-0.2, -0.15) is 4.98 Å². The van der Waals surface area contributed by atoms with Crippen molar-refractivity contribution in [2.24, 2.45) is 0 Å². The summed E-state index contributed by atoms with van der Waals surface area (Å²) in [5.74, 6) is 1.92. The van der Waals surface area contributed by atoms with Gasteiger partial charge in [0.25, 0.3) is 0 Å². The van der Waals surface area contributed by atoms with E-state index in [0.29, 0.717) is 18.1 Å². The van der Waals surface area contributed by atoms with Crippen molar-refractivity contribution in [1.29, 1.82) is 0 Å². The molecule has 0 saturated carbocycles. The predicted octanol–water partition coefficient (Wildman–Crippen LogP) is 5.08. The highest BCUT2D eigenvalue weighted by Crippen LogP contribution is 2.26. The molecule has 0 saturated heterocycles. The Labute approximate surface area is 161 Å². The molecule has 0 spiro atoms. The lowest BCUT2D eigenvalue weighted by molar-refractivity contribution is 0.385. The van der Waals surface area contributed by atoms with Crippen LogP contribution >= 0.6 is 11.3 Å². The molecule has 0 radical (unpaired) electrons. The number of aryl methyl sites for hydroxylation is 2. The highest BCUT2D eigenvalue weighted by Gasteiger charge is 2.12. The fourth-order valence-electron chi connectivity index (χ4n) is 2.74. The van der Waals surface area contributed by atoms with Crippen LogP contribution in [0, 0.1) is 13.8 Å². The van der Waals surface area contributed by atoms with Gasteiger partial charge in [0.1, 0.15) is 10.8 Å². The third kappa shape index (κ3) is 3.75. The van der Waals surface area contributed by atoms with Crippen LogP contribution in [-0.2, 0) is 6.42 Å². The van der Waals surface area contributed by atoms with Crippen molar-refractivity contribution in [2.45, 2.75) is 20.3 Å². The molecule has 0 amide bonds. The summed E-state index contributed by atoms with van der Waals surface area (Å²) < 4.78 is 10.6. The molecule has 0 atom stereocenters. The highest BCUT2D eigenvalue weighted by atomic mass is 32.1. The van der Waals surface area contributed by atoms with Gasteiger partial charge in [0.2, 0.25) is 11.7 Å². The van der Waals surface area contributed by atoms with E-state index in [4.69, 9.17) is 14.2 Å². The van der Waals surface area contributed by atoms with E-state index >= 15 is 0 Å². The standard InChI is InChI=1S/C21H19N3O2S/c1-13-4-5-16(10-14(13)2)18-12-27-20(22-18)11-19-23-21(24-26-19)15-6-8-17(25-3)9-7-15/h4-10,12H,11H2,1-3H3. The number of hydrogen-bond donors (Lipinski definition) is 0. The van der Waals surface area contributed by atoms with Crippen molar-refractivity contribution in [1.82, 2.24) is 15.1 Å². The molecule has 0 bridgehead atoms. The molecular formula is C21H19N3O2S. The van der Waals surface area contributed by atoms with E-state index in [-0.39, 0.29) is 0 Å². The van der Waals surface area contributed by atoms with Gasteiger partial charge >= 0.3 is 0 Å². The fourth-order valence-corrected chi connectivity index (χ4v) is 3.53. The first-order chi connectivity index (χ1) is 13.1. The molecule has 2 aromatic heterocycles. The van der Waals surface area contributed by atoms with Crippen LogP contribution in [0.5, 0.6) is 5.75 Å². The maximum Gasteiger partial charge on any atom is 0.233 e. The molecule has 0 aliphatic rings.